The van der Waals surface area contributed by atoms with Gasteiger partial charge in [-0.05, 0) is 63.6 Å². The number of anilines is 1. The second-order valence-corrected chi connectivity index (χ2v) is 9.54. The first-order valence-corrected chi connectivity index (χ1v) is 11.6. The predicted molar refractivity (Wildman–Crippen MR) is 116 cm³/mol. The van der Waals surface area contributed by atoms with Crippen LogP contribution >= 0.6 is 0 Å². The largest absolute Gasteiger partial charge is 0.353 e. The third-order valence-electron chi connectivity index (χ3n) is 8.03. The highest BCUT2D eigenvalue weighted by Gasteiger charge is 2.65. The zero-order valence-electron chi connectivity index (χ0n) is 17.7. The highest BCUT2D eigenvalue weighted by Crippen LogP contribution is 2.55. The topological polar surface area (TPSA) is 79.3 Å². The number of carbonyl (C=O) groups excluding carboxylic acids is 2. The zero-order chi connectivity index (χ0) is 21.0. The Morgan fingerprint density at radius 1 is 1.10 bits per heavy atom. The number of nitrogens with one attached hydrogen (secondary N) is 2. The van der Waals surface area contributed by atoms with Gasteiger partial charge in [0.1, 0.15) is 5.54 Å². The van der Waals surface area contributed by atoms with E-state index in [-0.39, 0.29) is 23.8 Å². The zero-order valence-corrected chi connectivity index (χ0v) is 17.7. The summed E-state index contributed by atoms with van der Waals surface area (Å²) in [5, 5.41) is 10.8. The van der Waals surface area contributed by atoms with Crippen molar-refractivity contribution in [3.8, 4) is 0 Å². The van der Waals surface area contributed by atoms with Crippen LogP contribution in [0.25, 0.3) is 0 Å². The lowest BCUT2D eigenvalue weighted by molar-refractivity contribution is -0.138. The normalized spacial score (nSPS) is 34.5. The van der Waals surface area contributed by atoms with Gasteiger partial charge >= 0.3 is 0 Å². The Hall–Kier alpha value is -2.67. The number of aromatic nitrogens is 2. The van der Waals surface area contributed by atoms with Crippen molar-refractivity contribution >= 4 is 17.5 Å². The fourth-order valence-electron chi connectivity index (χ4n) is 6.66. The van der Waals surface area contributed by atoms with E-state index in [4.69, 9.17) is 0 Å². The van der Waals surface area contributed by atoms with Crippen molar-refractivity contribution in [2.75, 3.05) is 11.9 Å². The Morgan fingerprint density at radius 3 is 2.74 bits per heavy atom. The molecule has 1 aliphatic carbocycles. The van der Waals surface area contributed by atoms with Gasteiger partial charge in [-0.15, -0.1) is 0 Å². The molecule has 3 atom stereocenters. The maximum atomic E-state index is 13.6. The van der Waals surface area contributed by atoms with E-state index in [0.29, 0.717) is 12.1 Å². The lowest BCUT2D eigenvalue weighted by Crippen LogP contribution is -2.55. The Bertz CT molecular complexity index is 997. The number of amides is 2. The van der Waals surface area contributed by atoms with Gasteiger partial charge in [0.2, 0.25) is 11.8 Å². The van der Waals surface area contributed by atoms with Gasteiger partial charge in [-0.3, -0.25) is 19.2 Å². The molecule has 4 aliphatic rings. The first-order chi connectivity index (χ1) is 15.2. The molecule has 3 fully saturated rings. The molecular weight excluding hydrogens is 390 g/mol. The molecule has 0 unspecified atom stereocenters. The minimum Gasteiger partial charge on any atom is -0.353 e. The lowest BCUT2D eigenvalue weighted by Gasteiger charge is -2.37. The molecule has 7 heteroatoms. The molecule has 0 radical (unpaired) electrons. The SMILES string of the molecule is O=C(NC1CCC(n2cccn2)CC1)[C@H]1C[C@H]2CCCN2[C@]12C(=O)Nc1ccccc12. The lowest BCUT2D eigenvalue weighted by atomic mass is 9.78. The van der Waals surface area contributed by atoms with Crippen molar-refractivity contribution in [1.82, 2.24) is 20.0 Å². The van der Waals surface area contributed by atoms with Crippen molar-refractivity contribution in [3.05, 3.63) is 48.3 Å². The molecule has 2 saturated heterocycles. The van der Waals surface area contributed by atoms with Crippen molar-refractivity contribution in [2.24, 2.45) is 5.92 Å². The van der Waals surface area contributed by atoms with Gasteiger partial charge in [-0.25, -0.2) is 0 Å². The highest BCUT2D eigenvalue weighted by molar-refractivity contribution is 6.09. The summed E-state index contributed by atoms with van der Waals surface area (Å²) in [6, 6.07) is 10.8. The van der Waals surface area contributed by atoms with Crippen LogP contribution in [0.1, 0.15) is 56.6 Å². The average Bonchev–Trinajstić information content (AvgIpc) is 3.55. The van der Waals surface area contributed by atoms with Crippen LogP contribution in [0.5, 0.6) is 0 Å². The van der Waals surface area contributed by atoms with Crippen LogP contribution in [0.15, 0.2) is 42.7 Å². The van der Waals surface area contributed by atoms with E-state index >= 15 is 0 Å². The van der Waals surface area contributed by atoms with Crippen LogP contribution in [0.4, 0.5) is 5.69 Å². The summed E-state index contributed by atoms with van der Waals surface area (Å²) in [5.74, 6) is -0.324. The fraction of sp³-hybridized carbons (Fsp3) is 0.542. The van der Waals surface area contributed by atoms with E-state index in [1.807, 2.05) is 47.4 Å². The molecule has 7 nitrogen and oxygen atoms in total. The smallest absolute Gasteiger partial charge is 0.250 e. The quantitative estimate of drug-likeness (QED) is 0.802. The maximum absolute atomic E-state index is 13.6. The molecule has 1 spiro atoms. The Kier molecular flexibility index (Phi) is 4.42. The summed E-state index contributed by atoms with van der Waals surface area (Å²) in [6.07, 6.45) is 10.7. The van der Waals surface area contributed by atoms with Gasteiger partial charge in [0.25, 0.3) is 0 Å². The fourth-order valence-corrected chi connectivity index (χ4v) is 6.66. The third kappa shape index (κ3) is 2.79. The van der Waals surface area contributed by atoms with Gasteiger partial charge in [-0.2, -0.15) is 5.10 Å². The molecule has 4 heterocycles. The van der Waals surface area contributed by atoms with E-state index in [1.165, 1.54) is 0 Å². The average molecular weight is 420 g/mol. The Labute approximate surface area is 182 Å². The van der Waals surface area contributed by atoms with Gasteiger partial charge in [0.05, 0.1) is 12.0 Å². The molecule has 6 rings (SSSR count). The summed E-state index contributed by atoms with van der Waals surface area (Å²) in [6.45, 7) is 0.880. The monoisotopic (exact) mass is 419 g/mol. The standard InChI is InChI=1S/C24H29N5O2/c30-22(26-16-8-10-17(11-9-16)29-14-4-12-25-29)20-15-18-5-3-13-28(18)24(20)19-6-1-2-7-21(19)27-23(24)31/h1-2,4,6-7,12,14,16-18,20H,3,5,8-11,13,15H2,(H,26,30)(H,27,31)/t16?,17?,18-,20-,24+/m1/s1. The summed E-state index contributed by atoms with van der Waals surface area (Å²) in [4.78, 5) is 29.4. The van der Waals surface area contributed by atoms with Gasteiger partial charge in [0.15, 0.2) is 0 Å². The number of carbonyl (C=O) groups is 2. The number of nitrogens with zero attached hydrogens (tertiary/aromatic N) is 3. The number of fused-ring (bicyclic) bond motifs is 4. The third-order valence-corrected chi connectivity index (χ3v) is 8.03. The van der Waals surface area contributed by atoms with Crippen LogP contribution in [-0.4, -0.2) is 45.1 Å². The minimum atomic E-state index is -0.853. The summed E-state index contributed by atoms with van der Waals surface area (Å²) >= 11 is 0. The van der Waals surface area contributed by atoms with E-state index in [0.717, 1.165) is 62.7 Å². The summed E-state index contributed by atoms with van der Waals surface area (Å²) in [7, 11) is 0. The number of benzene rings is 1. The molecule has 2 amide bonds. The van der Waals surface area contributed by atoms with Crippen molar-refractivity contribution in [3.63, 3.8) is 0 Å². The molecule has 31 heavy (non-hydrogen) atoms. The van der Waals surface area contributed by atoms with E-state index in [2.05, 4.69) is 20.6 Å². The molecule has 1 saturated carbocycles. The first-order valence-electron chi connectivity index (χ1n) is 11.6. The van der Waals surface area contributed by atoms with Gasteiger partial charge in [-0.1, -0.05) is 18.2 Å². The van der Waals surface area contributed by atoms with Gasteiger partial charge in [0, 0.05) is 35.7 Å². The first kappa shape index (κ1) is 19.0. The Balaban J connectivity index is 1.24. The molecule has 1 aromatic carbocycles. The van der Waals surface area contributed by atoms with Crippen LogP contribution in [0, 0.1) is 5.92 Å². The summed E-state index contributed by atoms with van der Waals surface area (Å²) in [5.41, 5.74) is 0.984. The predicted octanol–water partition coefficient (Wildman–Crippen LogP) is 2.81. The second kappa shape index (κ2) is 7.19. The van der Waals surface area contributed by atoms with Gasteiger partial charge < -0.3 is 10.6 Å². The summed E-state index contributed by atoms with van der Waals surface area (Å²) < 4.78 is 2.04. The van der Waals surface area contributed by atoms with Crippen LogP contribution in [0.3, 0.4) is 0 Å². The number of para-hydroxylation sites is 1. The number of hydrogen-bond acceptors (Lipinski definition) is 4. The van der Waals surface area contributed by atoms with Crippen LogP contribution in [-0.2, 0) is 15.1 Å². The van der Waals surface area contributed by atoms with Crippen LogP contribution in [0.2, 0.25) is 0 Å². The van der Waals surface area contributed by atoms with Crippen molar-refractivity contribution in [2.45, 2.75) is 68.6 Å². The molecule has 1 aromatic heterocycles. The molecule has 2 aromatic rings. The maximum Gasteiger partial charge on any atom is 0.250 e. The molecule has 0 bridgehead atoms. The van der Waals surface area contributed by atoms with Crippen LogP contribution < -0.4 is 10.6 Å². The molecule has 3 aliphatic heterocycles. The van der Waals surface area contributed by atoms with Crippen molar-refractivity contribution < 1.29 is 9.59 Å². The minimum absolute atomic E-state index is 0.0272. The molecule has 2 N–H and O–H groups in total. The van der Waals surface area contributed by atoms with E-state index in [1.54, 1.807) is 0 Å². The van der Waals surface area contributed by atoms with E-state index < -0.39 is 5.54 Å². The number of rotatable bonds is 3. The molecular formula is C24H29N5O2. The number of hydrogen-bond donors (Lipinski definition) is 2. The van der Waals surface area contributed by atoms with Crippen molar-refractivity contribution in [1.29, 1.82) is 0 Å². The Morgan fingerprint density at radius 2 is 1.94 bits per heavy atom. The molecule has 162 valence electrons. The second-order valence-electron chi connectivity index (χ2n) is 9.54. The highest BCUT2D eigenvalue weighted by atomic mass is 16.2. The van der Waals surface area contributed by atoms with E-state index in [9.17, 15) is 9.59 Å².